The number of amides is 1. The van der Waals surface area contributed by atoms with Crippen LogP contribution in [0.5, 0.6) is 0 Å². The van der Waals surface area contributed by atoms with Gasteiger partial charge in [0.15, 0.2) is 0 Å². The second-order valence-corrected chi connectivity index (χ2v) is 5.97. The van der Waals surface area contributed by atoms with Crippen LogP contribution < -0.4 is 0 Å². The van der Waals surface area contributed by atoms with Crippen LogP contribution in [0.25, 0.3) is 0 Å². The highest BCUT2D eigenvalue weighted by atomic mass is 16.5. The Morgan fingerprint density at radius 2 is 2.17 bits per heavy atom. The number of aryl methyl sites for hydroxylation is 1. The Morgan fingerprint density at radius 1 is 1.35 bits per heavy atom. The number of nitrogens with zero attached hydrogens (tertiary/aromatic N) is 2. The maximum absolute atomic E-state index is 12.7. The molecule has 0 N–H and O–H groups in total. The second-order valence-electron chi connectivity index (χ2n) is 5.97. The van der Waals surface area contributed by atoms with Gasteiger partial charge in [0, 0.05) is 24.9 Å². The van der Waals surface area contributed by atoms with Gasteiger partial charge in [-0.05, 0) is 44.7 Å². The van der Waals surface area contributed by atoms with Gasteiger partial charge in [0.05, 0.1) is 6.61 Å². The van der Waals surface area contributed by atoms with Crippen molar-refractivity contribution in [1.29, 1.82) is 0 Å². The molecule has 1 aromatic heterocycles. The van der Waals surface area contributed by atoms with Gasteiger partial charge in [-0.2, -0.15) is 0 Å². The summed E-state index contributed by atoms with van der Waals surface area (Å²) in [7, 11) is 0. The van der Waals surface area contributed by atoms with E-state index in [9.17, 15) is 9.59 Å². The van der Waals surface area contributed by atoms with E-state index in [1.165, 1.54) is 0 Å². The molecule has 0 unspecified atom stereocenters. The Bertz CT molecular complexity index is 532. The molecule has 1 aliphatic rings. The van der Waals surface area contributed by atoms with Crippen molar-refractivity contribution in [3.8, 4) is 0 Å². The average molecular weight is 318 g/mol. The molecule has 126 valence electrons. The summed E-state index contributed by atoms with van der Waals surface area (Å²) >= 11 is 0. The highest BCUT2D eigenvalue weighted by Crippen LogP contribution is 2.35. The van der Waals surface area contributed by atoms with Crippen LogP contribution in [-0.4, -0.2) is 40.5 Å². The minimum atomic E-state index is -0.758. The zero-order chi connectivity index (χ0) is 16.7. The summed E-state index contributed by atoms with van der Waals surface area (Å²) in [6, 6.07) is 5.70. The fraction of sp³-hybridized carbons (Fsp3) is 0.611. The first-order valence-electron chi connectivity index (χ1n) is 8.51. The third-order valence-electron chi connectivity index (χ3n) is 4.43. The normalized spacial score (nSPS) is 20.5. The molecule has 0 radical (unpaired) electrons. The van der Waals surface area contributed by atoms with E-state index in [0.29, 0.717) is 38.8 Å². The fourth-order valence-electron chi connectivity index (χ4n) is 3.41. The van der Waals surface area contributed by atoms with E-state index in [2.05, 4.69) is 4.98 Å². The Labute approximate surface area is 138 Å². The maximum Gasteiger partial charge on any atom is 0.332 e. The second kappa shape index (κ2) is 8.09. The molecule has 1 atom stereocenters. The number of rotatable bonds is 7. The number of carbonyl (C=O) groups is 2. The third-order valence-corrected chi connectivity index (χ3v) is 4.43. The highest BCUT2D eigenvalue weighted by molar-refractivity contribution is 5.89. The zero-order valence-corrected chi connectivity index (χ0v) is 14.1. The lowest BCUT2D eigenvalue weighted by Crippen LogP contribution is -2.53. The molecule has 0 aromatic carbocycles. The predicted molar refractivity (Wildman–Crippen MR) is 87.8 cm³/mol. The SMILES string of the molecule is CCC[C@]1(C(=O)OCC)CCCN1C(=O)CCc1ccccn1. The van der Waals surface area contributed by atoms with Gasteiger partial charge in [-0.25, -0.2) is 4.79 Å². The minimum absolute atomic E-state index is 0.0228. The van der Waals surface area contributed by atoms with Gasteiger partial charge in [0.1, 0.15) is 5.54 Å². The Kier molecular flexibility index (Phi) is 6.13. The first kappa shape index (κ1) is 17.4. The minimum Gasteiger partial charge on any atom is -0.464 e. The van der Waals surface area contributed by atoms with Crippen LogP contribution in [0.2, 0.25) is 0 Å². The molecule has 2 heterocycles. The first-order valence-corrected chi connectivity index (χ1v) is 8.51. The molecule has 2 rings (SSSR count). The lowest BCUT2D eigenvalue weighted by molar-refractivity contribution is -0.162. The van der Waals surface area contributed by atoms with Crippen LogP contribution in [0, 0.1) is 0 Å². The molecule has 0 bridgehead atoms. The monoisotopic (exact) mass is 318 g/mol. The smallest absolute Gasteiger partial charge is 0.332 e. The number of hydrogen-bond acceptors (Lipinski definition) is 4. The van der Waals surface area contributed by atoms with E-state index < -0.39 is 5.54 Å². The lowest BCUT2D eigenvalue weighted by Gasteiger charge is -2.36. The molecule has 1 amide bonds. The zero-order valence-electron chi connectivity index (χ0n) is 14.1. The molecule has 0 spiro atoms. The first-order chi connectivity index (χ1) is 11.1. The van der Waals surface area contributed by atoms with Crippen molar-refractivity contribution in [2.24, 2.45) is 0 Å². The van der Waals surface area contributed by atoms with E-state index >= 15 is 0 Å². The number of likely N-dealkylation sites (tertiary alicyclic amines) is 1. The van der Waals surface area contributed by atoms with Crippen LogP contribution >= 0.6 is 0 Å². The van der Waals surface area contributed by atoms with Crippen molar-refractivity contribution in [3.05, 3.63) is 30.1 Å². The summed E-state index contributed by atoms with van der Waals surface area (Å²) in [5.74, 6) is -0.222. The van der Waals surface area contributed by atoms with Crippen LogP contribution in [0.3, 0.4) is 0 Å². The molecule has 5 heteroatoms. The van der Waals surface area contributed by atoms with E-state index in [4.69, 9.17) is 4.74 Å². The standard InChI is InChI=1S/C18H26N2O3/c1-3-11-18(17(22)23-4-2)12-7-14-20(18)16(21)10-9-15-8-5-6-13-19-15/h5-6,8,13H,3-4,7,9-12,14H2,1-2H3/t18-/m1/s1. The number of aromatic nitrogens is 1. The quantitative estimate of drug-likeness (QED) is 0.725. The molecule has 0 aliphatic carbocycles. The van der Waals surface area contributed by atoms with Gasteiger partial charge in [0.2, 0.25) is 5.91 Å². The van der Waals surface area contributed by atoms with Crippen molar-refractivity contribution in [1.82, 2.24) is 9.88 Å². The van der Waals surface area contributed by atoms with Crippen LogP contribution in [-0.2, 0) is 20.7 Å². The van der Waals surface area contributed by atoms with Gasteiger partial charge in [0.25, 0.3) is 0 Å². The molecular formula is C18H26N2O3. The summed E-state index contributed by atoms with van der Waals surface area (Å²) in [5, 5.41) is 0. The summed E-state index contributed by atoms with van der Waals surface area (Å²) in [6.07, 6.45) is 5.78. The van der Waals surface area contributed by atoms with Gasteiger partial charge in [-0.1, -0.05) is 19.4 Å². The number of carbonyl (C=O) groups excluding carboxylic acids is 2. The predicted octanol–water partition coefficient (Wildman–Crippen LogP) is 2.74. The topological polar surface area (TPSA) is 59.5 Å². The number of esters is 1. The van der Waals surface area contributed by atoms with Crippen LogP contribution in [0.15, 0.2) is 24.4 Å². The highest BCUT2D eigenvalue weighted by Gasteiger charge is 2.49. The Balaban J connectivity index is 2.08. The summed E-state index contributed by atoms with van der Waals surface area (Å²) < 4.78 is 5.28. The largest absolute Gasteiger partial charge is 0.464 e. The molecule has 23 heavy (non-hydrogen) atoms. The average Bonchev–Trinajstić information content (AvgIpc) is 2.99. The number of pyridine rings is 1. The fourth-order valence-corrected chi connectivity index (χ4v) is 3.41. The van der Waals surface area contributed by atoms with Gasteiger partial charge < -0.3 is 9.64 Å². The maximum atomic E-state index is 12.7. The van der Waals surface area contributed by atoms with Crippen LogP contribution in [0.4, 0.5) is 0 Å². The van der Waals surface area contributed by atoms with Crippen molar-refractivity contribution in [2.75, 3.05) is 13.2 Å². The molecule has 5 nitrogen and oxygen atoms in total. The third kappa shape index (κ3) is 3.89. The molecule has 1 aliphatic heterocycles. The number of ether oxygens (including phenoxy) is 1. The summed E-state index contributed by atoms with van der Waals surface area (Å²) in [6.45, 7) is 4.83. The molecular weight excluding hydrogens is 292 g/mol. The van der Waals surface area contributed by atoms with Crippen molar-refractivity contribution >= 4 is 11.9 Å². The Hall–Kier alpha value is -1.91. The lowest BCUT2D eigenvalue weighted by atomic mass is 9.90. The molecule has 1 saturated heterocycles. The van der Waals surface area contributed by atoms with E-state index in [1.54, 1.807) is 18.0 Å². The van der Waals surface area contributed by atoms with Crippen molar-refractivity contribution in [2.45, 2.75) is 57.9 Å². The van der Waals surface area contributed by atoms with Gasteiger partial charge in [-0.3, -0.25) is 9.78 Å². The van der Waals surface area contributed by atoms with E-state index in [0.717, 1.165) is 18.5 Å². The van der Waals surface area contributed by atoms with E-state index in [-0.39, 0.29) is 11.9 Å². The molecule has 1 aromatic rings. The van der Waals surface area contributed by atoms with Gasteiger partial charge >= 0.3 is 5.97 Å². The number of hydrogen-bond donors (Lipinski definition) is 0. The Morgan fingerprint density at radius 3 is 2.83 bits per heavy atom. The summed E-state index contributed by atoms with van der Waals surface area (Å²) in [5.41, 5.74) is 0.142. The van der Waals surface area contributed by atoms with Crippen molar-refractivity contribution < 1.29 is 14.3 Å². The molecule has 0 saturated carbocycles. The van der Waals surface area contributed by atoms with Crippen molar-refractivity contribution in [3.63, 3.8) is 0 Å². The molecule has 1 fully saturated rings. The van der Waals surface area contributed by atoms with Gasteiger partial charge in [-0.15, -0.1) is 0 Å². The summed E-state index contributed by atoms with van der Waals surface area (Å²) in [4.78, 5) is 31.2. The van der Waals surface area contributed by atoms with E-state index in [1.807, 2.05) is 25.1 Å². The van der Waals surface area contributed by atoms with Crippen LogP contribution in [0.1, 0.15) is 51.6 Å².